The van der Waals surface area contributed by atoms with E-state index >= 15 is 0 Å². The van der Waals surface area contributed by atoms with Crippen LogP contribution in [0.2, 0.25) is 0 Å². The van der Waals surface area contributed by atoms with Crippen LogP contribution in [0.15, 0.2) is 0 Å². The second kappa shape index (κ2) is 8.07. The Labute approximate surface area is 101 Å². The van der Waals surface area contributed by atoms with E-state index in [-0.39, 0.29) is 0 Å². The first-order valence-corrected chi connectivity index (χ1v) is 8.35. The van der Waals surface area contributed by atoms with Crippen molar-refractivity contribution in [3.8, 4) is 0 Å². The number of hydrogen-bond donors (Lipinski definition) is 1. The van der Waals surface area contributed by atoms with Crippen LogP contribution in [0.4, 0.5) is 0 Å². The molecule has 1 N–H and O–H groups in total. The van der Waals surface area contributed by atoms with E-state index < -0.39 is 9.84 Å². The predicted octanol–water partition coefficient (Wildman–Crippen LogP) is 2.23. The highest BCUT2D eigenvalue weighted by Gasteiger charge is 2.19. The minimum Gasteiger partial charge on any atom is -0.317 e. The molecule has 0 radical (unpaired) electrons. The van der Waals surface area contributed by atoms with Crippen molar-refractivity contribution < 1.29 is 8.42 Å². The molecule has 0 bridgehead atoms. The smallest absolute Gasteiger partial charge is 0.147 e. The molecule has 16 heavy (non-hydrogen) atoms. The summed E-state index contributed by atoms with van der Waals surface area (Å²) in [4.78, 5) is 0. The van der Waals surface area contributed by atoms with Crippen molar-refractivity contribution in [3.05, 3.63) is 0 Å². The van der Waals surface area contributed by atoms with Crippen molar-refractivity contribution in [2.45, 2.75) is 52.0 Å². The minimum atomic E-state index is -2.83. The number of sulfone groups is 1. The fourth-order valence-corrected chi connectivity index (χ4v) is 2.93. The monoisotopic (exact) mass is 249 g/mol. The van der Waals surface area contributed by atoms with Crippen LogP contribution < -0.4 is 5.32 Å². The maximum atomic E-state index is 11.2. The highest BCUT2D eigenvalue weighted by molar-refractivity contribution is 7.90. The van der Waals surface area contributed by atoms with E-state index in [9.17, 15) is 8.42 Å². The van der Waals surface area contributed by atoms with Crippen LogP contribution in [0.25, 0.3) is 0 Å². The summed E-state index contributed by atoms with van der Waals surface area (Å²) >= 11 is 0. The van der Waals surface area contributed by atoms with Gasteiger partial charge in [-0.3, -0.25) is 0 Å². The fraction of sp³-hybridized carbons (Fsp3) is 1.00. The van der Waals surface area contributed by atoms with Gasteiger partial charge in [-0.15, -0.1) is 0 Å². The average Bonchev–Trinajstić information content (AvgIpc) is 2.17. The van der Waals surface area contributed by atoms with Crippen LogP contribution in [0.1, 0.15) is 46.0 Å². The summed E-state index contributed by atoms with van der Waals surface area (Å²) in [5.74, 6) is 0.907. The molecule has 0 saturated heterocycles. The van der Waals surface area contributed by atoms with Gasteiger partial charge in [0, 0.05) is 12.3 Å². The van der Waals surface area contributed by atoms with Gasteiger partial charge in [0.15, 0.2) is 0 Å². The third-order valence-electron chi connectivity index (χ3n) is 3.06. The summed E-state index contributed by atoms with van der Waals surface area (Å²) in [7, 11) is -0.897. The van der Waals surface area contributed by atoms with E-state index in [0.29, 0.717) is 17.7 Å². The molecule has 0 aliphatic heterocycles. The highest BCUT2D eigenvalue weighted by atomic mass is 32.2. The molecule has 0 rings (SSSR count). The fourth-order valence-electron chi connectivity index (χ4n) is 2.25. The second-order valence-electron chi connectivity index (χ2n) is 4.65. The third-order valence-corrected chi connectivity index (χ3v) is 4.04. The maximum absolute atomic E-state index is 11.2. The highest BCUT2D eigenvalue weighted by Crippen LogP contribution is 2.20. The van der Waals surface area contributed by atoms with Crippen molar-refractivity contribution in [1.82, 2.24) is 5.32 Å². The lowest BCUT2D eigenvalue weighted by Gasteiger charge is -2.26. The third kappa shape index (κ3) is 7.23. The Bertz CT molecular complexity index is 256. The van der Waals surface area contributed by atoms with Crippen molar-refractivity contribution in [2.75, 3.05) is 19.1 Å². The molecule has 0 aliphatic carbocycles. The molecule has 0 aromatic heterocycles. The van der Waals surface area contributed by atoms with Gasteiger partial charge in [-0.05, 0) is 32.2 Å². The zero-order valence-electron chi connectivity index (χ0n) is 11.1. The Morgan fingerprint density at radius 3 is 1.88 bits per heavy atom. The van der Waals surface area contributed by atoms with Crippen LogP contribution >= 0.6 is 0 Å². The molecule has 4 heteroatoms. The predicted molar refractivity (Wildman–Crippen MR) is 70.5 cm³/mol. The largest absolute Gasteiger partial charge is 0.317 e. The summed E-state index contributed by atoms with van der Waals surface area (Å²) in [5, 5.41) is 3.28. The van der Waals surface area contributed by atoms with Crippen LogP contribution in [0.5, 0.6) is 0 Å². The first kappa shape index (κ1) is 15.9. The zero-order valence-corrected chi connectivity index (χ0v) is 11.9. The van der Waals surface area contributed by atoms with Gasteiger partial charge >= 0.3 is 0 Å². The number of nitrogens with one attached hydrogen (secondary N) is 1. The minimum absolute atomic E-state index is 0.294. The summed E-state index contributed by atoms with van der Waals surface area (Å²) < 4.78 is 22.3. The number of hydrogen-bond acceptors (Lipinski definition) is 3. The summed E-state index contributed by atoms with van der Waals surface area (Å²) in [6.07, 6.45) is 6.75. The molecule has 3 nitrogen and oxygen atoms in total. The molecule has 0 saturated carbocycles. The molecule has 0 fully saturated rings. The molecule has 98 valence electrons. The van der Waals surface area contributed by atoms with Gasteiger partial charge in [-0.25, -0.2) is 8.42 Å². The first-order valence-electron chi connectivity index (χ1n) is 6.29. The van der Waals surface area contributed by atoms with Crippen LogP contribution in [0, 0.1) is 5.92 Å². The Hall–Kier alpha value is -0.0900. The molecule has 1 atom stereocenters. The molecule has 0 heterocycles. The van der Waals surface area contributed by atoms with E-state index in [2.05, 4.69) is 19.2 Å². The summed E-state index contributed by atoms with van der Waals surface area (Å²) in [5.41, 5.74) is 0. The average molecular weight is 249 g/mol. The molecule has 0 aromatic rings. The van der Waals surface area contributed by atoms with E-state index in [4.69, 9.17) is 0 Å². The van der Waals surface area contributed by atoms with Crippen LogP contribution in [-0.2, 0) is 9.84 Å². The Morgan fingerprint density at radius 2 is 1.56 bits per heavy atom. The maximum Gasteiger partial charge on any atom is 0.147 e. The molecular weight excluding hydrogens is 222 g/mol. The van der Waals surface area contributed by atoms with Crippen molar-refractivity contribution in [1.29, 1.82) is 0 Å². The first-order chi connectivity index (χ1) is 7.44. The Morgan fingerprint density at radius 1 is 1.06 bits per heavy atom. The van der Waals surface area contributed by atoms with Gasteiger partial charge in [-0.1, -0.05) is 26.7 Å². The van der Waals surface area contributed by atoms with E-state index in [1.165, 1.54) is 31.9 Å². The van der Waals surface area contributed by atoms with Gasteiger partial charge in [0.25, 0.3) is 0 Å². The summed E-state index contributed by atoms with van der Waals surface area (Å²) in [6.45, 7) is 4.37. The summed E-state index contributed by atoms with van der Waals surface area (Å²) in [6, 6.07) is 0.342. The zero-order chi connectivity index (χ0) is 12.6. The van der Waals surface area contributed by atoms with Gasteiger partial charge in [0.1, 0.15) is 9.84 Å². The molecule has 1 unspecified atom stereocenters. The van der Waals surface area contributed by atoms with Crippen molar-refractivity contribution in [2.24, 2.45) is 5.92 Å². The second-order valence-corrected chi connectivity index (χ2v) is 6.91. The van der Waals surface area contributed by atoms with Gasteiger partial charge in [-0.2, -0.15) is 0 Å². The topological polar surface area (TPSA) is 46.2 Å². The van der Waals surface area contributed by atoms with E-state index in [1.807, 2.05) is 7.05 Å². The van der Waals surface area contributed by atoms with Gasteiger partial charge in [0.2, 0.25) is 0 Å². The van der Waals surface area contributed by atoms with Crippen molar-refractivity contribution >= 4 is 9.84 Å². The van der Waals surface area contributed by atoms with Gasteiger partial charge < -0.3 is 5.32 Å². The van der Waals surface area contributed by atoms with E-state index in [0.717, 1.165) is 6.42 Å². The molecule has 0 aliphatic rings. The molecular formula is C12H27NO2S. The standard InChI is InChI=1S/C12H27NO2S/c1-5-7-11(8-6-2)12(13-3)9-10-16(4,14)15/h11-13H,5-10H2,1-4H3. The SMILES string of the molecule is CCCC(CCC)C(CCS(C)(=O)=O)NC. The quantitative estimate of drug-likeness (QED) is 0.681. The molecule has 0 aromatic carbocycles. The molecule has 0 amide bonds. The lowest BCUT2D eigenvalue weighted by atomic mass is 9.89. The number of rotatable bonds is 9. The van der Waals surface area contributed by atoms with Crippen molar-refractivity contribution in [3.63, 3.8) is 0 Å². The van der Waals surface area contributed by atoms with Crippen LogP contribution in [-0.4, -0.2) is 33.5 Å². The Kier molecular flexibility index (Phi) is 8.02. The molecule has 0 spiro atoms. The van der Waals surface area contributed by atoms with Gasteiger partial charge in [0.05, 0.1) is 5.75 Å². The van der Waals surface area contributed by atoms with E-state index in [1.54, 1.807) is 0 Å². The lowest BCUT2D eigenvalue weighted by molar-refractivity contribution is 0.318. The van der Waals surface area contributed by atoms with Crippen LogP contribution in [0.3, 0.4) is 0 Å². The lowest BCUT2D eigenvalue weighted by Crippen LogP contribution is -2.35. The Balaban J connectivity index is 4.30. The normalized spacial score (nSPS) is 14.3.